The van der Waals surface area contributed by atoms with Crippen LogP contribution in [0, 0.1) is 12.7 Å². The van der Waals surface area contributed by atoms with Crippen LogP contribution in [-0.4, -0.2) is 35.1 Å². The van der Waals surface area contributed by atoms with Gasteiger partial charge in [-0.1, -0.05) is 29.3 Å². The molecular formula is C24H23ClFN3O2. The molecule has 2 heterocycles. The Bertz CT molecular complexity index is 1150. The smallest absolute Gasteiger partial charge is 0.217 e. The van der Waals surface area contributed by atoms with E-state index in [-0.39, 0.29) is 22.7 Å². The van der Waals surface area contributed by atoms with Crippen molar-refractivity contribution >= 4 is 23.3 Å². The number of aromatic nitrogens is 1. The minimum absolute atomic E-state index is 0.0479. The molecule has 31 heavy (non-hydrogen) atoms. The molecule has 1 aliphatic heterocycles. The zero-order chi connectivity index (χ0) is 22.1. The van der Waals surface area contributed by atoms with Gasteiger partial charge in [-0.15, -0.1) is 0 Å². The molecule has 1 amide bonds. The van der Waals surface area contributed by atoms with E-state index in [1.165, 1.54) is 19.1 Å². The number of aryl methyl sites for hydroxylation is 1. The van der Waals surface area contributed by atoms with Crippen molar-refractivity contribution in [3.05, 3.63) is 64.9 Å². The average molecular weight is 440 g/mol. The molecule has 1 aliphatic rings. The minimum atomic E-state index is -0.496. The van der Waals surface area contributed by atoms with Crippen LogP contribution in [0.25, 0.3) is 22.4 Å². The van der Waals surface area contributed by atoms with Crippen LogP contribution in [0.5, 0.6) is 5.75 Å². The Hall–Kier alpha value is -3.12. The highest BCUT2D eigenvalue weighted by Crippen LogP contribution is 2.35. The number of pyridine rings is 1. The van der Waals surface area contributed by atoms with Gasteiger partial charge in [-0.2, -0.15) is 0 Å². The molecule has 0 spiro atoms. The highest BCUT2D eigenvalue weighted by Gasteiger charge is 2.25. The van der Waals surface area contributed by atoms with Crippen molar-refractivity contribution in [1.29, 1.82) is 0 Å². The average Bonchev–Trinajstić information content (AvgIpc) is 3.19. The maximum absolute atomic E-state index is 14.1. The molecule has 3 aromatic rings. The maximum Gasteiger partial charge on any atom is 0.217 e. The third-order valence-corrected chi connectivity index (χ3v) is 5.72. The summed E-state index contributed by atoms with van der Waals surface area (Å²) < 4.78 is 14.1. The molecule has 1 fully saturated rings. The van der Waals surface area contributed by atoms with E-state index in [2.05, 4.69) is 10.2 Å². The number of benzene rings is 2. The molecule has 1 unspecified atom stereocenters. The molecule has 0 radical (unpaired) electrons. The molecule has 2 N–H and O–H groups in total. The molecule has 7 heteroatoms. The van der Waals surface area contributed by atoms with Gasteiger partial charge in [0.1, 0.15) is 17.4 Å². The van der Waals surface area contributed by atoms with Crippen LogP contribution < -0.4 is 10.2 Å². The topological polar surface area (TPSA) is 65.5 Å². The number of nitrogens with zero attached hydrogens (tertiary/aromatic N) is 2. The molecule has 1 atom stereocenters. The molecule has 160 valence electrons. The van der Waals surface area contributed by atoms with Gasteiger partial charge in [-0.05, 0) is 60.9 Å². The zero-order valence-electron chi connectivity index (χ0n) is 17.3. The van der Waals surface area contributed by atoms with E-state index in [4.69, 9.17) is 16.6 Å². The predicted octanol–water partition coefficient (Wildman–Crippen LogP) is 4.94. The van der Waals surface area contributed by atoms with Crippen molar-refractivity contribution in [3.63, 3.8) is 0 Å². The second-order valence-corrected chi connectivity index (χ2v) is 8.29. The van der Waals surface area contributed by atoms with Crippen LogP contribution >= 0.6 is 11.6 Å². The Morgan fingerprint density at radius 1 is 1.19 bits per heavy atom. The molecular weight excluding hydrogens is 417 g/mol. The largest absolute Gasteiger partial charge is 0.507 e. The highest BCUT2D eigenvalue weighted by atomic mass is 35.5. The summed E-state index contributed by atoms with van der Waals surface area (Å²) in [5.74, 6) is 0.276. The Morgan fingerprint density at radius 2 is 2.00 bits per heavy atom. The predicted molar refractivity (Wildman–Crippen MR) is 121 cm³/mol. The van der Waals surface area contributed by atoms with Crippen molar-refractivity contribution in [1.82, 2.24) is 10.3 Å². The molecule has 2 aromatic carbocycles. The van der Waals surface area contributed by atoms with Crippen LogP contribution in [0.15, 0.2) is 48.5 Å². The Kier molecular flexibility index (Phi) is 5.83. The first-order valence-corrected chi connectivity index (χ1v) is 10.5. The molecule has 0 bridgehead atoms. The van der Waals surface area contributed by atoms with E-state index in [1.807, 2.05) is 31.2 Å². The second kappa shape index (κ2) is 8.55. The number of aromatic hydroxyl groups is 1. The molecule has 0 aliphatic carbocycles. The molecule has 0 saturated carbocycles. The van der Waals surface area contributed by atoms with Crippen LogP contribution in [0.1, 0.15) is 18.9 Å². The number of carbonyl (C=O) groups is 1. The highest BCUT2D eigenvalue weighted by molar-refractivity contribution is 6.30. The number of hydrogen-bond acceptors (Lipinski definition) is 4. The van der Waals surface area contributed by atoms with Crippen LogP contribution in [0.2, 0.25) is 5.02 Å². The van der Waals surface area contributed by atoms with Crippen molar-refractivity contribution in [2.24, 2.45) is 0 Å². The van der Waals surface area contributed by atoms with E-state index in [9.17, 15) is 14.3 Å². The van der Waals surface area contributed by atoms with Gasteiger partial charge in [-0.3, -0.25) is 4.79 Å². The number of phenols is 1. The number of halogens is 2. The summed E-state index contributed by atoms with van der Waals surface area (Å²) in [5, 5.41) is 13.5. The molecule has 4 rings (SSSR count). The van der Waals surface area contributed by atoms with E-state index in [0.717, 1.165) is 24.1 Å². The van der Waals surface area contributed by atoms with Crippen molar-refractivity contribution in [3.8, 4) is 28.1 Å². The van der Waals surface area contributed by atoms with Gasteiger partial charge in [-0.25, -0.2) is 9.37 Å². The lowest BCUT2D eigenvalue weighted by Gasteiger charge is -2.20. The van der Waals surface area contributed by atoms with Gasteiger partial charge in [0.15, 0.2) is 0 Å². The maximum atomic E-state index is 14.1. The van der Waals surface area contributed by atoms with Gasteiger partial charge in [0.05, 0.1) is 10.7 Å². The first kappa shape index (κ1) is 21.1. The summed E-state index contributed by atoms with van der Waals surface area (Å²) >= 11 is 5.86. The Labute approximate surface area is 185 Å². The van der Waals surface area contributed by atoms with Crippen LogP contribution in [0.4, 0.5) is 10.2 Å². The third kappa shape index (κ3) is 4.64. The SMILES string of the molecule is CC(=O)NC1CCN(c2cc(-c3ccc(Cl)c(F)c3)cc(-c3cc(C)ccc3O)n2)C1. The van der Waals surface area contributed by atoms with Gasteiger partial charge in [0.25, 0.3) is 0 Å². The van der Waals surface area contributed by atoms with Gasteiger partial charge >= 0.3 is 0 Å². The zero-order valence-corrected chi connectivity index (χ0v) is 18.1. The number of carbonyl (C=O) groups excluding carboxylic acids is 1. The fraction of sp³-hybridized carbons (Fsp3) is 0.250. The van der Waals surface area contributed by atoms with Crippen LogP contribution in [-0.2, 0) is 4.79 Å². The number of nitrogens with one attached hydrogen (secondary N) is 1. The lowest BCUT2D eigenvalue weighted by molar-refractivity contribution is -0.119. The van der Waals surface area contributed by atoms with E-state index < -0.39 is 5.82 Å². The lowest BCUT2D eigenvalue weighted by Crippen LogP contribution is -2.35. The van der Waals surface area contributed by atoms with Crippen molar-refractivity contribution in [2.75, 3.05) is 18.0 Å². The number of rotatable bonds is 4. The number of anilines is 1. The Balaban J connectivity index is 1.80. The summed E-state index contributed by atoms with van der Waals surface area (Å²) in [6, 6.07) is 13.8. The first-order valence-electron chi connectivity index (χ1n) is 10.1. The number of amides is 1. The minimum Gasteiger partial charge on any atom is -0.507 e. The van der Waals surface area contributed by atoms with E-state index in [1.54, 1.807) is 12.1 Å². The standard InChI is InChI=1S/C24H23ClFN3O2/c1-14-3-6-23(31)19(9-14)22-11-17(16-4-5-20(25)21(26)10-16)12-24(28-22)29-8-7-18(13-29)27-15(2)30/h3-6,9-12,18,31H,7-8,13H2,1-2H3,(H,27,30). The van der Waals surface area contributed by atoms with Crippen molar-refractivity contribution < 1.29 is 14.3 Å². The Morgan fingerprint density at radius 3 is 2.74 bits per heavy atom. The normalized spacial score (nSPS) is 15.9. The molecule has 5 nitrogen and oxygen atoms in total. The quantitative estimate of drug-likeness (QED) is 0.604. The lowest BCUT2D eigenvalue weighted by atomic mass is 10.0. The number of phenolic OH excluding ortho intramolecular Hbond substituents is 1. The monoisotopic (exact) mass is 439 g/mol. The summed E-state index contributed by atoms with van der Waals surface area (Å²) in [6.07, 6.45) is 0.812. The summed E-state index contributed by atoms with van der Waals surface area (Å²) in [6.45, 7) is 4.82. The first-order chi connectivity index (χ1) is 14.8. The van der Waals surface area contributed by atoms with E-state index >= 15 is 0 Å². The fourth-order valence-corrected chi connectivity index (χ4v) is 4.00. The number of hydrogen-bond donors (Lipinski definition) is 2. The van der Waals surface area contributed by atoms with Gasteiger partial charge in [0.2, 0.25) is 5.91 Å². The van der Waals surface area contributed by atoms with E-state index in [0.29, 0.717) is 29.2 Å². The fourth-order valence-electron chi connectivity index (χ4n) is 3.89. The van der Waals surface area contributed by atoms with Gasteiger partial charge < -0.3 is 15.3 Å². The third-order valence-electron chi connectivity index (χ3n) is 5.41. The van der Waals surface area contributed by atoms with Crippen molar-refractivity contribution in [2.45, 2.75) is 26.3 Å². The van der Waals surface area contributed by atoms with Gasteiger partial charge in [0, 0.05) is 31.6 Å². The second-order valence-electron chi connectivity index (χ2n) is 7.88. The summed E-state index contributed by atoms with van der Waals surface area (Å²) in [5.41, 5.74) is 3.61. The molecule has 1 saturated heterocycles. The summed E-state index contributed by atoms with van der Waals surface area (Å²) in [7, 11) is 0. The van der Waals surface area contributed by atoms with Crippen LogP contribution in [0.3, 0.4) is 0 Å². The summed E-state index contributed by atoms with van der Waals surface area (Å²) in [4.78, 5) is 18.3. The molecule has 1 aromatic heterocycles.